The number of hydrogen-bond donors (Lipinski definition) is 3. The maximum atomic E-state index is 12.0. The van der Waals surface area contributed by atoms with E-state index in [9.17, 15) is 9.59 Å². The van der Waals surface area contributed by atoms with Crippen LogP contribution in [0.5, 0.6) is 0 Å². The number of methoxy groups -OCH3 is 1. The standard InChI is InChI=1S/C15H20N2O4/c1-21-13-8-4-7-12(13)17-15(20)16-11-6-3-2-5-10(11)9-14(18)19/h2-3,5-6,12-13H,4,7-9H2,1H3,(H,18,19)(H2,16,17,20). The molecule has 1 fully saturated rings. The number of carbonyl (C=O) groups excluding carboxylic acids is 1. The third-order valence-electron chi connectivity index (χ3n) is 3.68. The molecule has 0 heterocycles. The molecule has 2 rings (SSSR count). The average Bonchev–Trinajstić information content (AvgIpc) is 2.87. The molecule has 1 aliphatic rings. The van der Waals surface area contributed by atoms with E-state index in [4.69, 9.17) is 9.84 Å². The zero-order chi connectivity index (χ0) is 15.2. The average molecular weight is 292 g/mol. The first-order valence-corrected chi connectivity index (χ1v) is 7.00. The summed E-state index contributed by atoms with van der Waals surface area (Å²) in [6, 6.07) is 6.56. The monoisotopic (exact) mass is 292 g/mol. The van der Waals surface area contributed by atoms with Crippen LogP contribution in [-0.2, 0) is 16.0 Å². The molecular formula is C15H20N2O4. The minimum absolute atomic E-state index is 0.00151. The van der Waals surface area contributed by atoms with E-state index in [2.05, 4.69) is 10.6 Å². The Balaban J connectivity index is 1.98. The van der Waals surface area contributed by atoms with Crippen LogP contribution < -0.4 is 10.6 Å². The highest BCUT2D eigenvalue weighted by atomic mass is 16.5. The Kier molecular flexibility index (Phi) is 5.16. The number of urea groups is 1. The smallest absolute Gasteiger partial charge is 0.319 e. The first-order chi connectivity index (χ1) is 10.1. The Labute approximate surface area is 123 Å². The number of carbonyl (C=O) groups is 2. The van der Waals surface area contributed by atoms with Gasteiger partial charge in [0, 0.05) is 12.8 Å². The van der Waals surface area contributed by atoms with E-state index in [1.54, 1.807) is 31.4 Å². The highest BCUT2D eigenvalue weighted by Gasteiger charge is 2.28. The summed E-state index contributed by atoms with van der Waals surface area (Å²) in [5, 5.41) is 14.5. The van der Waals surface area contributed by atoms with Gasteiger partial charge in [-0.25, -0.2) is 4.79 Å². The van der Waals surface area contributed by atoms with Gasteiger partial charge in [0.25, 0.3) is 0 Å². The minimum Gasteiger partial charge on any atom is -0.481 e. The summed E-state index contributed by atoms with van der Waals surface area (Å²) in [7, 11) is 1.64. The van der Waals surface area contributed by atoms with Gasteiger partial charge in [-0.3, -0.25) is 4.79 Å². The molecule has 0 radical (unpaired) electrons. The van der Waals surface area contributed by atoms with Crippen LogP contribution in [0.4, 0.5) is 10.5 Å². The maximum Gasteiger partial charge on any atom is 0.319 e. The largest absolute Gasteiger partial charge is 0.481 e. The summed E-state index contributed by atoms with van der Waals surface area (Å²) in [6.07, 6.45) is 2.78. The van der Waals surface area contributed by atoms with Crippen LogP contribution in [0, 0.1) is 0 Å². The van der Waals surface area contributed by atoms with Crippen molar-refractivity contribution in [1.82, 2.24) is 5.32 Å². The highest BCUT2D eigenvalue weighted by molar-refractivity contribution is 5.91. The topological polar surface area (TPSA) is 87.7 Å². The van der Waals surface area contributed by atoms with E-state index >= 15 is 0 Å². The fraction of sp³-hybridized carbons (Fsp3) is 0.467. The summed E-state index contributed by atoms with van der Waals surface area (Å²) in [5.41, 5.74) is 1.10. The van der Waals surface area contributed by atoms with Gasteiger partial charge >= 0.3 is 12.0 Å². The first kappa shape index (κ1) is 15.3. The Morgan fingerprint density at radius 2 is 2.10 bits per heavy atom. The molecule has 0 bridgehead atoms. The molecule has 1 saturated carbocycles. The summed E-state index contributed by atoms with van der Waals surface area (Å²) in [5.74, 6) is -0.931. The summed E-state index contributed by atoms with van der Waals surface area (Å²) in [4.78, 5) is 22.9. The van der Waals surface area contributed by atoms with Gasteiger partial charge < -0.3 is 20.5 Å². The Morgan fingerprint density at radius 1 is 1.33 bits per heavy atom. The number of amides is 2. The van der Waals surface area contributed by atoms with Crippen molar-refractivity contribution in [2.45, 2.75) is 37.8 Å². The fourth-order valence-electron chi connectivity index (χ4n) is 2.66. The maximum absolute atomic E-state index is 12.0. The highest BCUT2D eigenvalue weighted by Crippen LogP contribution is 2.22. The molecule has 0 spiro atoms. The van der Waals surface area contributed by atoms with Crippen molar-refractivity contribution in [3.05, 3.63) is 29.8 Å². The van der Waals surface area contributed by atoms with Gasteiger partial charge in [0.1, 0.15) is 0 Å². The van der Waals surface area contributed by atoms with Crippen molar-refractivity contribution in [1.29, 1.82) is 0 Å². The predicted molar refractivity (Wildman–Crippen MR) is 78.4 cm³/mol. The second-order valence-electron chi connectivity index (χ2n) is 5.14. The van der Waals surface area contributed by atoms with Crippen LogP contribution in [0.2, 0.25) is 0 Å². The van der Waals surface area contributed by atoms with Gasteiger partial charge in [0.2, 0.25) is 0 Å². The van der Waals surface area contributed by atoms with Crippen LogP contribution in [0.15, 0.2) is 24.3 Å². The van der Waals surface area contributed by atoms with Gasteiger partial charge in [-0.15, -0.1) is 0 Å². The molecule has 2 unspecified atom stereocenters. The van der Waals surface area contributed by atoms with Crippen molar-refractivity contribution in [2.24, 2.45) is 0 Å². The van der Waals surface area contributed by atoms with Gasteiger partial charge in [-0.1, -0.05) is 18.2 Å². The number of benzene rings is 1. The molecule has 1 aromatic rings. The minimum atomic E-state index is -0.931. The summed E-state index contributed by atoms with van der Waals surface area (Å²) >= 11 is 0. The lowest BCUT2D eigenvalue weighted by Gasteiger charge is -2.20. The SMILES string of the molecule is COC1CCCC1NC(=O)Nc1ccccc1CC(=O)O. The Bertz CT molecular complexity index is 518. The van der Waals surface area contributed by atoms with Crippen LogP contribution in [0.25, 0.3) is 0 Å². The number of aliphatic carboxylic acids is 1. The van der Waals surface area contributed by atoms with Crippen molar-refractivity contribution in [3.63, 3.8) is 0 Å². The van der Waals surface area contributed by atoms with Gasteiger partial charge in [0.05, 0.1) is 18.6 Å². The molecule has 0 saturated heterocycles. The third kappa shape index (κ3) is 4.19. The van der Waals surface area contributed by atoms with Crippen LogP contribution in [0.1, 0.15) is 24.8 Å². The molecule has 114 valence electrons. The lowest BCUT2D eigenvalue weighted by molar-refractivity contribution is -0.136. The molecule has 2 atom stereocenters. The zero-order valence-electron chi connectivity index (χ0n) is 12.0. The fourth-order valence-corrected chi connectivity index (χ4v) is 2.66. The van der Waals surface area contributed by atoms with E-state index in [-0.39, 0.29) is 24.6 Å². The van der Waals surface area contributed by atoms with E-state index < -0.39 is 5.97 Å². The van der Waals surface area contributed by atoms with E-state index in [1.807, 2.05) is 0 Å². The lowest BCUT2D eigenvalue weighted by atomic mass is 10.1. The molecule has 1 aliphatic carbocycles. The van der Waals surface area contributed by atoms with Crippen molar-refractivity contribution < 1.29 is 19.4 Å². The zero-order valence-corrected chi connectivity index (χ0v) is 12.0. The number of anilines is 1. The Hall–Kier alpha value is -2.08. The first-order valence-electron chi connectivity index (χ1n) is 7.00. The summed E-state index contributed by atoms with van der Waals surface area (Å²) in [6.45, 7) is 0. The number of rotatable bonds is 5. The van der Waals surface area contributed by atoms with Crippen molar-refractivity contribution in [2.75, 3.05) is 12.4 Å². The molecule has 6 heteroatoms. The second kappa shape index (κ2) is 7.08. The second-order valence-corrected chi connectivity index (χ2v) is 5.14. The van der Waals surface area contributed by atoms with Crippen LogP contribution in [0.3, 0.4) is 0 Å². The molecule has 21 heavy (non-hydrogen) atoms. The predicted octanol–water partition coefficient (Wildman–Crippen LogP) is 2.00. The van der Waals surface area contributed by atoms with E-state index in [1.165, 1.54) is 0 Å². The molecule has 2 amide bonds. The van der Waals surface area contributed by atoms with Gasteiger partial charge in [0.15, 0.2) is 0 Å². The molecule has 0 aliphatic heterocycles. The van der Waals surface area contributed by atoms with Crippen LogP contribution >= 0.6 is 0 Å². The van der Waals surface area contributed by atoms with Crippen LogP contribution in [-0.4, -0.2) is 36.4 Å². The Morgan fingerprint density at radius 3 is 2.81 bits per heavy atom. The number of carboxylic acids is 1. The van der Waals surface area contributed by atoms with Crippen molar-refractivity contribution in [3.8, 4) is 0 Å². The van der Waals surface area contributed by atoms with Crippen molar-refractivity contribution >= 4 is 17.7 Å². The lowest BCUT2D eigenvalue weighted by Crippen LogP contribution is -2.43. The molecule has 3 N–H and O–H groups in total. The van der Waals surface area contributed by atoms with Gasteiger partial charge in [-0.05, 0) is 30.9 Å². The van der Waals surface area contributed by atoms with Gasteiger partial charge in [-0.2, -0.15) is 0 Å². The normalized spacial score (nSPS) is 21.0. The molecule has 1 aromatic carbocycles. The number of carboxylic acid groups (broad SMARTS) is 1. The quantitative estimate of drug-likeness (QED) is 0.774. The molecular weight excluding hydrogens is 272 g/mol. The number of para-hydroxylation sites is 1. The third-order valence-corrected chi connectivity index (χ3v) is 3.68. The molecule has 0 aromatic heterocycles. The number of hydrogen-bond acceptors (Lipinski definition) is 3. The molecule has 6 nitrogen and oxygen atoms in total. The van der Waals surface area contributed by atoms with E-state index in [0.29, 0.717) is 11.3 Å². The summed E-state index contributed by atoms with van der Waals surface area (Å²) < 4.78 is 5.33. The van der Waals surface area contributed by atoms with E-state index in [0.717, 1.165) is 19.3 Å². The number of nitrogens with one attached hydrogen (secondary N) is 2. The number of ether oxygens (including phenoxy) is 1.